The summed E-state index contributed by atoms with van der Waals surface area (Å²) in [6.07, 6.45) is -8.44. The van der Waals surface area contributed by atoms with Crippen LogP contribution in [0.5, 0.6) is 5.75 Å². The summed E-state index contributed by atoms with van der Waals surface area (Å²) in [4.78, 5) is 16.2. The predicted octanol–water partition coefficient (Wildman–Crippen LogP) is 4.37. The van der Waals surface area contributed by atoms with Crippen LogP contribution in [-0.2, 0) is 19.0 Å². The summed E-state index contributed by atoms with van der Waals surface area (Å²) >= 11 is 1.15. The Hall–Kier alpha value is -2.56. The van der Waals surface area contributed by atoms with Crippen LogP contribution in [0.4, 0.5) is 26.3 Å². The lowest BCUT2D eigenvalue weighted by Crippen LogP contribution is -2.14. The normalized spacial score (nSPS) is 12.5. The van der Waals surface area contributed by atoms with Crippen molar-refractivity contribution in [2.75, 3.05) is 0 Å². The van der Waals surface area contributed by atoms with Gasteiger partial charge in [0.05, 0.1) is 16.8 Å². The van der Waals surface area contributed by atoms with Gasteiger partial charge in [-0.3, -0.25) is 9.20 Å². The van der Waals surface area contributed by atoms with Crippen LogP contribution in [0.3, 0.4) is 0 Å². The molecule has 0 amide bonds. The highest BCUT2D eigenvalue weighted by Gasteiger charge is 2.37. The lowest BCUT2D eigenvalue weighted by molar-refractivity contribution is -0.143. The third-order valence-corrected chi connectivity index (χ3v) is 4.06. The van der Waals surface area contributed by atoms with E-state index in [0.29, 0.717) is 17.1 Å². The third kappa shape index (κ3) is 3.82. The smallest absolute Gasteiger partial charge is 0.416 e. The number of fused-ring (bicyclic) bond motifs is 1. The van der Waals surface area contributed by atoms with Crippen molar-refractivity contribution in [2.24, 2.45) is 0 Å². The van der Waals surface area contributed by atoms with Crippen LogP contribution < -0.4 is 10.3 Å². The van der Waals surface area contributed by atoms with Crippen LogP contribution in [0.1, 0.15) is 16.8 Å². The first-order chi connectivity index (χ1) is 12.0. The number of rotatable bonds is 3. The van der Waals surface area contributed by atoms with Gasteiger partial charge in [-0.2, -0.15) is 26.3 Å². The predicted molar refractivity (Wildman–Crippen MR) is 80.1 cm³/mol. The van der Waals surface area contributed by atoms with E-state index in [1.54, 1.807) is 5.38 Å². The zero-order valence-electron chi connectivity index (χ0n) is 12.6. The molecule has 138 valence electrons. The Morgan fingerprint density at radius 2 is 1.62 bits per heavy atom. The van der Waals surface area contributed by atoms with Crippen LogP contribution >= 0.6 is 11.3 Å². The Bertz CT molecular complexity index is 974. The molecule has 11 heteroatoms. The summed E-state index contributed by atoms with van der Waals surface area (Å²) in [6, 6.07) is 2.03. The fraction of sp³-hybridized carbons (Fsp3) is 0.200. The van der Waals surface area contributed by atoms with Crippen molar-refractivity contribution in [3.8, 4) is 5.75 Å². The molecular weight excluding hydrogens is 386 g/mol. The average molecular weight is 394 g/mol. The standard InChI is InChI=1S/C15H8F6N2O2S/c16-14(17,18)8-3-9(15(19,20)21)5-11(4-8)25-7-10-6-12(24)23-1-2-26-13(23)22-10/h1-6H,7H2. The van der Waals surface area contributed by atoms with Crippen LogP contribution in [-0.4, -0.2) is 9.38 Å². The number of ether oxygens (including phenoxy) is 1. The first kappa shape index (κ1) is 18.2. The first-order valence-electron chi connectivity index (χ1n) is 6.92. The Kier molecular flexibility index (Phi) is 4.42. The number of thiazole rings is 1. The molecule has 2 aromatic heterocycles. The van der Waals surface area contributed by atoms with Crippen LogP contribution in [0, 0.1) is 0 Å². The summed E-state index contributed by atoms with van der Waals surface area (Å²) in [5.41, 5.74) is -3.31. The number of alkyl halides is 6. The molecule has 0 aliphatic rings. The van der Waals surface area contributed by atoms with E-state index in [-0.39, 0.29) is 11.8 Å². The first-order valence-corrected chi connectivity index (χ1v) is 7.80. The second-order valence-corrected chi connectivity index (χ2v) is 6.04. The average Bonchev–Trinajstić information content (AvgIpc) is 3.00. The minimum atomic E-state index is -4.97. The van der Waals surface area contributed by atoms with E-state index >= 15 is 0 Å². The Balaban J connectivity index is 1.92. The quantitative estimate of drug-likeness (QED) is 0.620. The highest BCUT2D eigenvalue weighted by molar-refractivity contribution is 7.15. The van der Waals surface area contributed by atoms with Gasteiger partial charge < -0.3 is 4.74 Å². The zero-order chi connectivity index (χ0) is 19.1. The van der Waals surface area contributed by atoms with E-state index in [4.69, 9.17) is 4.74 Å². The SMILES string of the molecule is O=c1cc(COc2cc(C(F)(F)F)cc(C(F)(F)F)c2)nc2sccn12. The molecule has 0 bridgehead atoms. The van der Waals surface area contributed by atoms with Gasteiger partial charge in [-0.15, -0.1) is 11.3 Å². The van der Waals surface area contributed by atoms with Crippen LogP contribution in [0.2, 0.25) is 0 Å². The molecule has 3 rings (SSSR count). The summed E-state index contributed by atoms with van der Waals surface area (Å²) in [7, 11) is 0. The molecule has 26 heavy (non-hydrogen) atoms. The molecule has 0 saturated carbocycles. The fourth-order valence-corrected chi connectivity index (χ4v) is 2.87. The topological polar surface area (TPSA) is 43.6 Å². The lowest BCUT2D eigenvalue weighted by Gasteiger charge is -2.14. The monoisotopic (exact) mass is 394 g/mol. The molecule has 2 heterocycles. The molecule has 1 aromatic carbocycles. The molecule has 4 nitrogen and oxygen atoms in total. The van der Waals surface area contributed by atoms with E-state index in [1.807, 2.05) is 0 Å². The molecule has 0 N–H and O–H groups in total. The summed E-state index contributed by atoms with van der Waals surface area (Å²) in [5, 5.41) is 1.61. The van der Waals surface area contributed by atoms with Gasteiger partial charge in [-0.1, -0.05) is 0 Å². The molecule has 0 aliphatic heterocycles. The van der Waals surface area contributed by atoms with Crippen molar-refractivity contribution >= 4 is 16.3 Å². The van der Waals surface area contributed by atoms with Crippen molar-refractivity contribution < 1.29 is 31.1 Å². The maximum absolute atomic E-state index is 12.8. The van der Waals surface area contributed by atoms with E-state index in [0.717, 1.165) is 17.4 Å². The number of benzene rings is 1. The maximum Gasteiger partial charge on any atom is 0.416 e. The molecule has 3 aromatic rings. The van der Waals surface area contributed by atoms with Crippen molar-refractivity contribution in [3.05, 3.63) is 63.0 Å². The highest BCUT2D eigenvalue weighted by Crippen LogP contribution is 2.38. The highest BCUT2D eigenvalue weighted by atomic mass is 32.1. The van der Waals surface area contributed by atoms with Crippen molar-refractivity contribution in [3.63, 3.8) is 0 Å². The summed E-state index contributed by atoms with van der Waals surface area (Å²) < 4.78 is 83.2. The molecule has 0 radical (unpaired) electrons. The molecule has 0 fully saturated rings. The zero-order valence-corrected chi connectivity index (χ0v) is 13.4. The summed E-state index contributed by atoms with van der Waals surface area (Å²) in [6.45, 7) is -0.456. The summed E-state index contributed by atoms with van der Waals surface area (Å²) in [5.74, 6) is -0.625. The second kappa shape index (κ2) is 6.31. The minimum Gasteiger partial charge on any atom is -0.487 e. The molecule has 0 saturated heterocycles. The largest absolute Gasteiger partial charge is 0.487 e. The van der Waals surface area contributed by atoms with E-state index in [9.17, 15) is 31.1 Å². The van der Waals surface area contributed by atoms with Crippen molar-refractivity contribution in [1.29, 1.82) is 0 Å². The third-order valence-electron chi connectivity index (χ3n) is 3.30. The Labute approximate surface area is 145 Å². The molecular formula is C15H8F6N2O2S. The number of aromatic nitrogens is 2. The number of hydrogen-bond acceptors (Lipinski definition) is 4. The Morgan fingerprint density at radius 3 is 2.19 bits per heavy atom. The fourth-order valence-electron chi connectivity index (χ4n) is 2.13. The van der Waals surface area contributed by atoms with Crippen molar-refractivity contribution in [1.82, 2.24) is 9.38 Å². The van der Waals surface area contributed by atoms with E-state index in [1.165, 1.54) is 10.6 Å². The van der Waals surface area contributed by atoms with E-state index in [2.05, 4.69) is 4.98 Å². The maximum atomic E-state index is 12.8. The lowest BCUT2D eigenvalue weighted by atomic mass is 10.1. The van der Waals surface area contributed by atoms with Gasteiger partial charge in [0.2, 0.25) is 0 Å². The van der Waals surface area contributed by atoms with Gasteiger partial charge >= 0.3 is 12.4 Å². The number of hydrogen-bond donors (Lipinski definition) is 0. The van der Waals surface area contributed by atoms with Gasteiger partial charge in [0, 0.05) is 17.6 Å². The molecule has 0 atom stereocenters. The number of nitrogens with zero attached hydrogens (tertiary/aromatic N) is 2. The van der Waals surface area contributed by atoms with Gasteiger partial charge in [0.25, 0.3) is 5.56 Å². The van der Waals surface area contributed by atoms with Gasteiger partial charge in [-0.25, -0.2) is 4.98 Å². The second-order valence-electron chi connectivity index (χ2n) is 5.17. The number of halogens is 6. The van der Waals surface area contributed by atoms with E-state index < -0.39 is 41.4 Å². The van der Waals surface area contributed by atoms with Crippen molar-refractivity contribution in [2.45, 2.75) is 19.0 Å². The van der Waals surface area contributed by atoms with Gasteiger partial charge in [-0.05, 0) is 18.2 Å². The van der Waals surface area contributed by atoms with Crippen LogP contribution in [0.25, 0.3) is 4.96 Å². The van der Waals surface area contributed by atoms with Gasteiger partial charge in [0.15, 0.2) is 4.96 Å². The minimum absolute atomic E-state index is 0.00913. The van der Waals surface area contributed by atoms with Crippen LogP contribution in [0.15, 0.2) is 40.6 Å². The van der Waals surface area contributed by atoms with Gasteiger partial charge in [0.1, 0.15) is 12.4 Å². The molecule has 0 spiro atoms. The Morgan fingerprint density at radius 1 is 1.00 bits per heavy atom. The molecule has 0 unspecified atom stereocenters. The molecule has 0 aliphatic carbocycles.